The van der Waals surface area contributed by atoms with Crippen LogP contribution in [0.1, 0.15) is 31.2 Å². The molecule has 104 valence electrons. The lowest BCUT2D eigenvalue weighted by Gasteiger charge is -2.09. The normalized spacial score (nSPS) is 10.3. The maximum absolute atomic E-state index is 12.2. The average Bonchev–Trinajstić information content (AvgIpc) is 2.72. The summed E-state index contributed by atoms with van der Waals surface area (Å²) in [5.74, 6) is -1.38. The minimum absolute atomic E-state index is 0.0531. The second kappa shape index (κ2) is 5.76. The molecule has 0 bridgehead atoms. The predicted molar refractivity (Wildman–Crippen MR) is 82.8 cm³/mol. The van der Waals surface area contributed by atoms with E-state index in [-0.39, 0.29) is 17.2 Å². The third-order valence-electron chi connectivity index (χ3n) is 2.99. The van der Waals surface area contributed by atoms with Crippen molar-refractivity contribution in [1.82, 2.24) is 0 Å². The third kappa shape index (κ3) is 2.91. The molecule has 0 unspecified atom stereocenters. The van der Waals surface area contributed by atoms with E-state index in [1.807, 2.05) is 13.8 Å². The van der Waals surface area contributed by atoms with Gasteiger partial charge in [-0.1, -0.05) is 15.9 Å². The summed E-state index contributed by atoms with van der Waals surface area (Å²) >= 11 is 4.71. The topological polar surface area (TPSA) is 66.4 Å². The number of thiophene rings is 1. The average molecular weight is 354 g/mol. The summed E-state index contributed by atoms with van der Waals surface area (Å²) in [6, 6.07) is 4.72. The van der Waals surface area contributed by atoms with Crippen LogP contribution >= 0.6 is 27.3 Å². The molecule has 6 heteroatoms. The van der Waals surface area contributed by atoms with Crippen LogP contribution in [-0.4, -0.2) is 17.0 Å². The van der Waals surface area contributed by atoms with Crippen LogP contribution < -0.4 is 5.32 Å². The first-order valence-electron chi connectivity index (χ1n) is 5.79. The molecule has 0 radical (unpaired) electrons. The minimum atomic E-state index is -1.08. The summed E-state index contributed by atoms with van der Waals surface area (Å²) in [5, 5.41) is 13.6. The molecule has 2 aromatic rings. The standard InChI is InChI=1S/C14H12BrNO3S/c1-7-8(2)20-6-11(7)13(17)16-12-4-3-9(15)5-10(12)14(18)19/h3-6H,1-2H3,(H,16,17)(H,18,19). The van der Waals surface area contributed by atoms with Crippen LogP contribution in [-0.2, 0) is 0 Å². The van der Waals surface area contributed by atoms with E-state index in [1.165, 1.54) is 17.4 Å². The van der Waals surface area contributed by atoms with E-state index in [2.05, 4.69) is 21.2 Å². The van der Waals surface area contributed by atoms with Crippen molar-refractivity contribution in [2.45, 2.75) is 13.8 Å². The van der Waals surface area contributed by atoms with Crippen LogP contribution in [0.15, 0.2) is 28.1 Å². The number of carbonyl (C=O) groups excluding carboxylic acids is 1. The van der Waals surface area contributed by atoms with Crippen molar-refractivity contribution >= 4 is 44.8 Å². The van der Waals surface area contributed by atoms with E-state index in [9.17, 15) is 9.59 Å². The van der Waals surface area contributed by atoms with Gasteiger partial charge in [0.25, 0.3) is 5.91 Å². The van der Waals surface area contributed by atoms with Crippen molar-refractivity contribution in [2.75, 3.05) is 5.32 Å². The summed E-state index contributed by atoms with van der Waals surface area (Å²) in [6.07, 6.45) is 0. The predicted octanol–water partition coefficient (Wildman–Crippen LogP) is 4.08. The summed E-state index contributed by atoms with van der Waals surface area (Å²) in [5.41, 5.74) is 1.83. The second-order valence-corrected chi connectivity index (χ2v) is 6.28. The van der Waals surface area contributed by atoms with Gasteiger partial charge in [-0.25, -0.2) is 4.79 Å². The first-order valence-corrected chi connectivity index (χ1v) is 7.46. The Morgan fingerprint density at radius 3 is 2.50 bits per heavy atom. The van der Waals surface area contributed by atoms with Gasteiger partial charge in [0.15, 0.2) is 0 Å². The van der Waals surface area contributed by atoms with Crippen molar-refractivity contribution in [3.63, 3.8) is 0 Å². The molecule has 0 spiro atoms. The Morgan fingerprint density at radius 2 is 1.95 bits per heavy atom. The molecule has 4 nitrogen and oxygen atoms in total. The maximum Gasteiger partial charge on any atom is 0.337 e. The van der Waals surface area contributed by atoms with Gasteiger partial charge in [0, 0.05) is 14.7 Å². The molecule has 0 fully saturated rings. The number of carbonyl (C=O) groups is 2. The molecular weight excluding hydrogens is 342 g/mol. The zero-order valence-electron chi connectivity index (χ0n) is 10.9. The van der Waals surface area contributed by atoms with Gasteiger partial charge in [-0.05, 0) is 37.6 Å². The van der Waals surface area contributed by atoms with E-state index in [0.717, 1.165) is 10.4 Å². The molecular formula is C14H12BrNO3S. The van der Waals surface area contributed by atoms with E-state index < -0.39 is 5.97 Å². The fourth-order valence-electron chi connectivity index (χ4n) is 1.73. The van der Waals surface area contributed by atoms with Crippen molar-refractivity contribution in [1.29, 1.82) is 0 Å². The molecule has 2 N–H and O–H groups in total. The van der Waals surface area contributed by atoms with Crippen molar-refractivity contribution in [3.8, 4) is 0 Å². The van der Waals surface area contributed by atoms with Gasteiger partial charge < -0.3 is 10.4 Å². The third-order valence-corrected chi connectivity index (χ3v) is 4.50. The fourth-order valence-corrected chi connectivity index (χ4v) is 2.96. The van der Waals surface area contributed by atoms with E-state index in [4.69, 9.17) is 5.11 Å². The molecule has 0 aliphatic heterocycles. The lowest BCUT2D eigenvalue weighted by Crippen LogP contribution is -2.15. The number of halogens is 1. The molecule has 0 saturated carbocycles. The van der Waals surface area contributed by atoms with Crippen LogP contribution in [0.3, 0.4) is 0 Å². The van der Waals surface area contributed by atoms with Gasteiger partial charge in [0.05, 0.1) is 16.8 Å². The van der Waals surface area contributed by atoms with E-state index in [0.29, 0.717) is 10.0 Å². The summed E-state index contributed by atoms with van der Waals surface area (Å²) in [6.45, 7) is 3.82. The zero-order chi connectivity index (χ0) is 14.9. The monoisotopic (exact) mass is 353 g/mol. The van der Waals surface area contributed by atoms with Crippen LogP contribution in [0.25, 0.3) is 0 Å². The molecule has 0 aliphatic rings. The Kier molecular flexibility index (Phi) is 4.25. The summed E-state index contributed by atoms with van der Waals surface area (Å²) in [7, 11) is 0. The van der Waals surface area contributed by atoms with Crippen molar-refractivity contribution < 1.29 is 14.7 Å². The van der Waals surface area contributed by atoms with E-state index >= 15 is 0 Å². The molecule has 1 heterocycles. The fraction of sp³-hybridized carbons (Fsp3) is 0.143. The lowest BCUT2D eigenvalue weighted by atomic mass is 10.1. The molecule has 20 heavy (non-hydrogen) atoms. The smallest absolute Gasteiger partial charge is 0.337 e. The first-order chi connectivity index (χ1) is 9.40. The number of carboxylic acids is 1. The Morgan fingerprint density at radius 1 is 1.25 bits per heavy atom. The highest BCUT2D eigenvalue weighted by Gasteiger charge is 2.16. The maximum atomic E-state index is 12.2. The number of aryl methyl sites for hydroxylation is 1. The van der Waals surface area contributed by atoms with Crippen LogP contribution in [0.2, 0.25) is 0 Å². The molecule has 1 amide bonds. The van der Waals surface area contributed by atoms with Gasteiger partial charge in [0.1, 0.15) is 0 Å². The Labute approximate surface area is 128 Å². The lowest BCUT2D eigenvalue weighted by molar-refractivity contribution is 0.0698. The second-order valence-electron chi connectivity index (χ2n) is 4.28. The number of benzene rings is 1. The minimum Gasteiger partial charge on any atom is -0.478 e. The van der Waals surface area contributed by atoms with Gasteiger partial charge >= 0.3 is 5.97 Å². The molecule has 2 rings (SSSR count). The number of carboxylic acid groups (broad SMARTS) is 1. The Hall–Kier alpha value is -1.66. The Bertz CT molecular complexity index is 694. The number of aromatic carboxylic acids is 1. The number of amides is 1. The molecule has 1 aromatic carbocycles. The number of nitrogens with one attached hydrogen (secondary N) is 1. The summed E-state index contributed by atoms with van der Waals surface area (Å²) in [4.78, 5) is 24.5. The molecule has 1 aromatic heterocycles. The molecule has 0 aliphatic carbocycles. The highest BCUT2D eigenvalue weighted by atomic mass is 79.9. The van der Waals surface area contributed by atoms with Gasteiger partial charge in [-0.3, -0.25) is 4.79 Å². The SMILES string of the molecule is Cc1scc(C(=O)Nc2ccc(Br)cc2C(=O)O)c1C. The highest BCUT2D eigenvalue weighted by molar-refractivity contribution is 9.10. The zero-order valence-corrected chi connectivity index (χ0v) is 13.3. The van der Waals surface area contributed by atoms with Gasteiger partial charge in [-0.2, -0.15) is 0 Å². The molecule has 0 atom stereocenters. The van der Waals surface area contributed by atoms with Crippen LogP contribution in [0.4, 0.5) is 5.69 Å². The summed E-state index contributed by atoms with van der Waals surface area (Å²) < 4.78 is 0.649. The van der Waals surface area contributed by atoms with Gasteiger partial charge in [0.2, 0.25) is 0 Å². The van der Waals surface area contributed by atoms with Crippen molar-refractivity contribution in [3.05, 3.63) is 49.6 Å². The largest absolute Gasteiger partial charge is 0.478 e. The highest BCUT2D eigenvalue weighted by Crippen LogP contribution is 2.24. The van der Waals surface area contributed by atoms with Crippen LogP contribution in [0, 0.1) is 13.8 Å². The van der Waals surface area contributed by atoms with Crippen molar-refractivity contribution in [2.24, 2.45) is 0 Å². The molecule has 0 saturated heterocycles. The van der Waals surface area contributed by atoms with Crippen LogP contribution in [0.5, 0.6) is 0 Å². The Balaban J connectivity index is 2.33. The quantitative estimate of drug-likeness (QED) is 0.873. The first kappa shape index (κ1) is 14.7. The number of rotatable bonds is 3. The number of hydrogen-bond donors (Lipinski definition) is 2. The number of anilines is 1. The van der Waals surface area contributed by atoms with E-state index in [1.54, 1.807) is 17.5 Å². The number of hydrogen-bond acceptors (Lipinski definition) is 3. The van der Waals surface area contributed by atoms with Gasteiger partial charge in [-0.15, -0.1) is 11.3 Å².